The summed E-state index contributed by atoms with van der Waals surface area (Å²) in [6.45, 7) is 5.33. The maximum atomic E-state index is 12.8. The van der Waals surface area contributed by atoms with Gasteiger partial charge < -0.3 is 18.3 Å². The lowest BCUT2D eigenvalue weighted by molar-refractivity contribution is 0.102. The van der Waals surface area contributed by atoms with Crippen LogP contribution in [0.2, 0.25) is 0 Å². The molecule has 0 atom stereocenters. The van der Waals surface area contributed by atoms with Crippen molar-refractivity contribution in [2.24, 2.45) is 7.05 Å². The number of ether oxygens (including phenoxy) is 1. The number of para-hydroxylation sites is 1. The van der Waals surface area contributed by atoms with Gasteiger partial charge in [-0.3, -0.25) is 4.79 Å². The Hall–Kier alpha value is -2.84. The number of hydrogen-bond donors (Lipinski definition) is 0. The molecule has 30 heavy (non-hydrogen) atoms. The quantitative estimate of drug-likeness (QED) is 0.311. The van der Waals surface area contributed by atoms with Gasteiger partial charge >= 0.3 is 0 Å². The minimum absolute atomic E-state index is 0.0741. The molecular weight excluding hydrogens is 400 g/mol. The Kier molecular flexibility index (Phi) is 5.78. The van der Waals surface area contributed by atoms with Crippen molar-refractivity contribution >= 4 is 28.5 Å². The largest absolute Gasteiger partial charge is 0.453 e. The highest BCUT2D eigenvalue weighted by atomic mass is 32.2. The van der Waals surface area contributed by atoms with Gasteiger partial charge in [0, 0.05) is 43.0 Å². The van der Waals surface area contributed by atoms with Crippen molar-refractivity contribution in [3.8, 4) is 11.6 Å². The van der Waals surface area contributed by atoms with Crippen molar-refractivity contribution in [1.29, 1.82) is 0 Å². The third-order valence-electron chi connectivity index (χ3n) is 5.21. The van der Waals surface area contributed by atoms with E-state index >= 15 is 0 Å². The average Bonchev–Trinajstić information content (AvgIpc) is 3.40. The molecule has 156 valence electrons. The molecule has 0 radical (unpaired) electrons. The van der Waals surface area contributed by atoms with E-state index in [0.29, 0.717) is 29.1 Å². The number of furan rings is 1. The summed E-state index contributed by atoms with van der Waals surface area (Å²) in [7, 11) is 3.56. The topological polar surface area (TPSA) is 75.1 Å². The minimum atomic E-state index is 0.0741. The number of ketones is 1. The number of carbonyl (C=O) groups excluding carboxylic acids is 1. The van der Waals surface area contributed by atoms with Crippen molar-refractivity contribution in [2.45, 2.75) is 25.5 Å². The van der Waals surface area contributed by atoms with Crippen LogP contribution in [0.1, 0.15) is 21.7 Å². The third kappa shape index (κ3) is 3.80. The maximum absolute atomic E-state index is 12.8. The summed E-state index contributed by atoms with van der Waals surface area (Å²) in [4.78, 5) is 12.8. The SMILES string of the molecule is COCCn1c(C)cc(C(=O)CSc2nnc(-c3cc4ccccc4o3)n2C)c1C. The fraction of sp³-hybridized carbons (Fsp3) is 0.318. The Balaban J connectivity index is 1.49. The highest BCUT2D eigenvalue weighted by molar-refractivity contribution is 7.99. The number of methoxy groups -OCH3 is 1. The Morgan fingerprint density at radius 2 is 2.00 bits per heavy atom. The highest BCUT2D eigenvalue weighted by Crippen LogP contribution is 2.29. The van der Waals surface area contributed by atoms with Gasteiger partial charge in [-0.15, -0.1) is 10.2 Å². The zero-order chi connectivity index (χ0) is 21.3. The van der Waals surface area contributed by atoms with Crippen LogP contribution >= 0.6 is 11.8 Å². The number of thioether (sulfide) groups is 1. The predicted molar refractivity (Wildman–Crippen MR) is 117 cm³/mol. The molecule has 0 aliphatic rings. The van der Waals surface area contributed by atoms with E-state index in [2.05, 4.69) is 14.8 Å². The Labute approximate surface area is 179 Å². The number of rotatable bonds is 8. The second-order valence-electron chi connectivity index (χ2n) is 7.15. The molecule has 0 saturated carbocycles. The van der Waals surface area contributed by atoms with Crippen LogP contribution in [0.3, 0.4) is 0 Å². The first-order valence-corrected chi connectivity index (χ1v) is 10.7. The minimum Gasteiger partial charge on any atom is -0.453 e. The molecule has 0 spiro atoms. The van der Waals surface area contributed by atoms with Gasteiger partial charge in [0.05, 0.1) is 12.4 Å². The molecule has 4 aromatic rings. The first-order chi connectivity index (χ1) is 14.5. The van der Waals surface area contributed by atoms with Gasteiger partial charge in [-0.1, -0.05) is 30.0 Å². The van der Waals surface area contributed by atoms with Crippen LogP contribution in [0, 0.1) is 13.8 Å². The lowest BCUT2D eigenvalue weighted by Gasteiger charge is -2.08. The summed E-state index contributed by atoms with van der Waals surface area (Å²) in [5.41, 5.74) is 3.58. The number of benzene rings is 1. The van der Waals surface area contributed by atoms with Crippen LogP contribution in [0.25, 0.3) is 22.6 Å². The third-order valence-corrected chi connectivity index (χ3v) is 6.23. The zero-order valence-corrected chi connectivity index (χ0v) is 18.3. The Morgan fingerprint density at radius 1 is 1.20 bits per heavy atom. The van der Waals surface area contributed by atoms with Crippen LogP contribution in [0.15, 0.2) is 46.0 Å². The van der Waals surface area contributed by atoms with E-state index in [1.807, 2.05) is 61.9 Å². The molecule has 0 aliphatic carbocycles. The van der Waals surface area contributed by atoms with Crippen LogP contribution in [-0.2, 0) is 18.3 Å². The molecule has 0 amide bonds. The number of nitrogens with zero attached hydrogens (tertiary/aromatic N) is 4. The average molecular weight is 425 g/mol. The summed E-state index contributed by atoms with van der Waals surface area (Å²) >= 11 is 1.38. The zero-order valence-electron chi connectivity index (χ0n) is 17.5. The fourth-order valence-corrected chi connectivity index (χ4v) is 4.36. The summed E-state index contributed by atoms with van der Waals surface area (Å²) in [6, 6.07) is 11.7. The van der Waals surface area contributed by atoms with Crippen LogP contribution in [-0.4, -0.2) is 44.6 Å². The normalized spacial score (nSPS) is 11.5. The second-order valence-corrected chi connectivity index (χ2v) is 8.10. The predicted octanol–water partition coefficient (Wildman–Crippen LogP) is 4.27. The molecule has 0 unspecified atom stereocenters. The second kappa shape index (κ2) is 8.49. The standard InChI is InChI=1S/C22H24N4O3S/c1-14-11-17(15(2)26(14)9-10-28-4)18(27)13-30-22-24-23-21(25(22)3)20-12-16-7-5-6-8-19(16)29-20/h5-8,11-12H,9-10,13H2,1-4H3. The molecule has 1 aromatic carbocycles. The van der Waals surface area contributed by atoms with Gasteiger partial charge in [0.15, 0.2) is 22.5 Å². The van der Waals surface area contributed by atoms with Gasteiger partial charge in [0.2, 0.25) is 0 Å². The van der Waals surface area contributed by atoms with Crippen molar-refractivity contribution in [3.05, 3.63) is 53.3 Å². The first-order valence-electron chi connectivity index (χ1n) is 9.69. The van der Waals surface area contributed by atoms with Gasteiger partial charge in [-0.05, 0) is 32.0 Å². The first kappa shape index (κ1) is 20.4. The van der Waals surface area contributed by atoms with E-state index in [0.717, 1.165) is 34.5 Å². The molecule has 0 fully saturated rings. The van der Waals surface area contributed by atoms with Gasteiger partial charge in [0.1, 0.15) is 5.58 Å². The smallest absolute Gasteiger partial charge is 0.200 e. The van der Waals surface area contributed by atoms with E-state index in [1.54, 1.807) is 7.11 Å². The molecule has 0 N–H and O–H groups in total. The number of aromatic nitrogens is 4. The number of fused-ring (bicyclic) bond motifs is 1. The molecule has 4 rings (SSSR count). The highest BCUT2D eigenvalue weighted by Gasteiger charge is 2.19. The van der Waals surface area contributed by atoms with Gasteiger partial charge in [-0.2, -0.15) is 0 Å². The van der Waals surface area contributed by atoms with Crippen molar-refractivity contribution in [1.82, 2.24) is 19.3 Å². The van der Waals surface area contributed by atoms with Crippen LogP contribution in [0.5, 0.6) is 0 Å². The van der Waals surface area contributed by atoms with Crippen molar-refractivity contribution in [2.75, 3.05) is 19.5 Å². The van der Waals surface area contributed by atoms with E-state index < -0.39 is 0 Å². The van der Waals surface area contributed by atoms with Crippen molar-refractivity contribution < 1.29 is 13.9 Å². The molecule has 7 nitrogen and oxygen atoms in total. The van der Waals surface area contributed by atoms with Gasteiger partial charge in [0.25, 0.3) is 0 Å². The van der Waals surface area contributed by atoms with Crippen LogP contribution < -0.4 is 0 Å². The number of Topliss-reactive ketones (excluding diaryl/α,β-unsaturated/α-hetero) is 1. The summed E-state index contributed by atoms with van der Waals surface area (Å²) in [6.07, 6.45) is 0. The van der Waals surface area contributed by atoms with Crippen molar-refractivity contribution in [3.63, 3.8) is 0 Å². The molecule has 0 aliphatic heterocycles. The van der Waals surface area contributed by atoms with E-state index in [1.165, 1.54) is 11.8 Å². The van der Waals surface area contributed by atoms with E-state index in [-0.39, 0.29) is 5.78 Å². The molecule has 0 saturated heterocycles. The van der Waals surface area contributed by atoms with Crippen LogP contribution in [0.4, 0.5) is 0 Å². The summed E-state index contributed by atoms with van der Waals surface area (Å²) in [5.74, 6) is 1.66. The van der Waals surface area contributed by atoms with Gasteiger partial charge in [-0.25, -0.2) is 0 Å². The summed E-state index contributed by atoms with van der Waals surface area (Å²) in [5, 5.41) is 10.2. The Morgan fingerprint density at radius 3 is 2.77 bits per heavy atom. The number of aryl methyl sites for hydroxylation is 1. The molecule has 3 heterocycles. The maximum Gasteiger partial charge on any atom is 0.200 e. The number of carbonyl (C=O) groups is 1. The lowest BCUT2D eigenvalue weighted by Crippen LogP contribution is -2.10. The number of hydrogen-bond acceptors (Lipinski definition) is 6. The van der Waals surface area contributed by atoms with E-state index in [4.69, 9.17) is 9.15 Å². The van der Waals surface area contributed by atoms with E-state index in [9.17, 15) is 4.79 Å². The summed E-state index contributed by atoms with van der Waals surface area (Å²) < 4.78 is 15.0. The Bertz CT molecular complexity index is 1170. The molecule has 8 heteroatoms. The molecular formula is C22H24N4O3S. The monoisotopic (exact) mass is 424 g/mol. The fourth-order valence-electron chi connectivity index (χ4n) is 3.57. The molecule has 0 bridgehead atoms. The lowest BCUT2D eigenvalue weighted by atomic mass is 10.2. The molecule has 3 aromatic heterocycles.